The number of piperazine rings is 1. The average molecular weight is 347 g/mol. The smallest absolute Gasteiger partial charge is 0.185 e. The second-order valence-corrected chi connectivity index (χ2v) is 6.94. The third kappa shape index (κ3) is 4.69. The summed E-state index contributed by atoms with van der Waals surface area (Å²) in [7, 11) is 0. The lowest BCUT2D eigenvalue weighted by Gasteiger charge is -2.35. The highest BCUT2D eigenvalue weighted by Crippen LogP contribution is 2.19. The molecular formula is C18H25N3O2S. The Balaban J connectivity index is 1.40. The van der Waals surface area contributed by atoms with Gasteiger partial charge in [-0.1, -0.05) is 19.1 Å². The third-order valence-corrected chi connectivity index (χ3v) is 5.11. The van der Waals surface area contributed by atoms with Crippen LogP contribution >= 0.6 is 11.3 Å². The molecule has 5 nitrogen and oxygen atoms in total. The number of aromatic nitrogens is 1. The Hall–Kier alpha value is -1.63. The predicted molar refractivity (Wildman–Crippen MR) is 98.1 cm³/mol. The molecule has 3 rings (SSSR count). The summed E-state index contributed by atoms with van der Waals surface area (Å²) in [5.74, 6) is 0.835. The van der Waals surface area contributed by atoms with E-state index in [9.17, 15) is 5.11 Å². The van der Waals surface area contributed by atoms with Crippen molar-refractivity contribution in [3.63, 3.8) is 0 Å². The molecule has 6 heteroatoms. The van der Waals surface area contributed by atoms with Gasteiger partial charge in [0.2, 0.25) is 0 Å². The molecule has 1 saturated heterocycles. The van der Waals surface area contributed by atoms with Gasteiger partial charge < -0.3 is 14.7 Å². The summed E-state index contributed by atoms with van der Waals surface area (Å²) in [5, 5.41) is 13.4. The standard InChI is InChI=1S/C18H25N3O2S/c1-2-15-4-3-5-17(12-15)23-14-16(22)13-20-7-9-21(10-8-20)18-19-6-11-24-18/h3-6,11-12,16,22H,2,7-10,13-14H2,1H3. The molecule has 0 spiro atoms. The topological polar surface area (TPSA) is 48.8 Å². The summed E-state index contributed by atoms with van der Waals surface area (Å²) in [6, 6.07) is 8.07. The lowest BCUT2D eigenvalue weighted by molar-refractivity contribution is 0.0663. The first-order chi connectivity index (χ1) is 11.7. The number of nitrogens with zero attached hydrogens (tertiary/aromatic N) is 3. The molecule has 1 aliphatic rings. The lowest BCUT2D eigenvalue weighted by Crippen LogP contribution is -2.49. The third-order valence-electron chi connectivity index (χ3n) is 4.28. The highest BCUT2D eigenvalue weighted by atomic mass is 32.1. The summed E-state index contributed by atoms with van der Waals surface area (Å²) in [6.45, 7) is 6.92. The van der Waals surface area contributed by atoms with Gasteiger partial charge >= 0.3 is 0 Å². The van der Waals surface area contributed by atoms with Crippen molar-refractivity contribution in [3.05, 3.63) is 41.4 Å². The number of aliphatic hydroxyl groups excluding tert-OH is 1. The normalized spacial score (nSPS) is 17.0. The van der Waals surface area contributed by atoms with Crippen LogP contribution in [0.4, 0.5) is 5.13 Å². The van der Waals surface area contributed by atoms with E-state index in [0.29, 0.717) is 13.2 Å². The molecule has 2 heterocycles. The van der Waals surface area contributed by atoms with Gasteiger partial charge in [-0.3, -0.25) is 4.90 Å². The minimum absolute atomic E-state index is 0.333. The molecule has 0 aliphatic carbocycles. The zero-order chi connectivity index (χ0) is 16.8. The van der Waals surface area contributed by atoms with Gasteiger partial charge in [-0.05, 0) is 24.1 Å². The quantitative estimate of drug-likeness (QED) is 0.833. The van der Waals surface area contributed by atoms with Crippen molar-refractivity contribution in [3.8, 4) is 5.75 Å². The van der Waals surface area contributed by atoms with Crippen LogP contribution in [0.2, 0.25) is 0 Å². The fourth-order valence-electron chi connectivity index (χ4n) is 2.89. The van der Waals surface area contributed by atoms with Crippen molar-refractivity contribution in [2.45, 2.75) is 19.4 Å². The fraction of sp³-hybridized carbons (Fsp3) is 0.500. The number of rotatable bonds is 7. The van der Waals surface area contributed by atoms with Gasteiger partial charge in [0.25, 0.3) is 0 Å². The summed E-state index contributed by atoms with van der Waals surface area (Å²) in [4.78, 5) is 8.96. The van der Waals surface area contributed by atoms with Crippen LogP contribution in [-0.4, -0.2) is 60.4 Å². The molecule has 0 bridgehead atoms. The molecule has 1 aliphatic heterocycles. The number of hydrogen-bond acceptors (Lipinski definition) is 6. The van der Waals surface area contributed by atoms with Crippen LogP contribution in [-0.2, 0) is 6.42 Å². The van der Waals surface area contributed by atoms with E-state index in [1.807, 2.05) is 29.8 Å². The molecule has 0 saturated carbocycles. The van der Waals surface area contributed by atoms with Crippen LogP contribution in [0.1, 0.15) is 12.5 Å². The molecule has 1 aromatic carbocycles. The van der Waals surface area contributed by atoms with Crippen molar-refractivity contribution in [2.75, 3.05) is 44.2 Å². The van der Waals surface area contributed by atoms with Gasteiger partial charge in [0.1, 0.15) is 18.5 Å². The number of anilines is 1. The Kier molecular flexibility index (Phi) is 6.07. The number of β-amino-alcohol motifs (C(OH)–C–C–N with tert-alkyl or cyclic N) is 1. The Morgan fingerprint density at radius 2 is 2.12 bits per heavy atom. The highest BCUT2D eigenvalue weighted by Gasteiger charge is 2.20. The van der Waals surface area contributed by atoms with Gasteiger partial charge in [-0.25, -0.2) is 4.98 Å². The van der Waals surface area contributed by atoms with E-state index in [0.717, 1.165) is 43.5 Å². The maximum absolute atomic E-state index is 10.2. The van der Waals surface area contributed by atoms with Gasteiger partial charge in [-0.15, -0.1) is 11.3 Å². The molecule has 1 N–H and O–H groups in total. The predicted octanol–water partition coefficient (Wildman–Crippen LogP) is 2.27. The van der Waals surface area contributed by atoms with Crippen molar-refractivity contribution >= 4 is 16.5 Å². The lowest BCUT2D eigenvalue weighted by atomic mass is 10.2. The Labute approximate surface area is 147 Å². The molecule has 130 valence electrons. The second kappa shape index (κ2) is 8.46. The number of ether oxygens (including phenoxy) is 1. The average Bonchev–Trinajstić information content (AvgIpc) is 3.15. The van der Waals surface area contributed by atoms with Crippen LogP contribution in [0.25, 0.3) is 0 Å². The van der Waals surface area contributed by atoms with Gasteiger partial charge in [0.15, 0.2) is 5.13 Å². The van der Waals surface area contributed by atoms with E-state index in [1.54, 1.807) is 11.3 Å². The molecule has 0 radical (unpaired) electrons. The van der Waals surface area contributed by atoms with Crippen molar-refractivity contribution in [2.24, 2.45) is 0 Å². The number of benzene rings is 1. The maximum Gasteiger partial charge on any atom is 0.185 e. The molecule has 1 atom stereocenters. The van der Waals surface area contributed by atoms with Crippen molar-refractivity contribution < 1.29 is 9.84 Å². The summed E-state index contributed by atoms with van der Waals surface area (Å²) >= 11 is 1.68. The molecule has 1 fully saturated rings. The van der Waals surface area contributed by atoms with Crippen LogP contribution in [0.15, 0.2) is 35.8 Å². The van der Waals surface area contributed by atoms with Crippen LogP contribution < -0.4 is 9.64 Å². The number of aryl methyl sites for hydroxylation is 1. The molecule has 1 unspecified atom stereocenters. The van der Waals surface area contributed by atoms with Gasteiger partial charge in [0.05, 0.1) is 0 Å². The van der Waals surface area contributed by atoms with E-state index in [1.165, 1.54) is 5.56 Å². The van der Waals surface area contributed by atoms with E-state index in [-0.39, 0.29) is 0 Å². The van der Waals surface area contributed by atoms with E-state index in [4.69, 9.17) is 4.74 Å². The first kappa shape index (κ1) is 17.2. The van der Waals surface area contributed by atoms with Crippen LogP contribution in [0, 0.1) is 0 Å². The number of hydrogen-bond donors (Lipinski definition) is 1. The zero-order valence-corrected chi connectivity index (χ0v) is 14.9. The van der Waals surface area contributed by atoms with Gasteiger partial charge in [0, 0.05) is 44.3 Å². The molecule has 1 aromatic heterocycles. The van der Waals surface area contributed by atoms with Crippen LogP contribution in [0.3, 0.4) is 0 Å². The monoisotopic (exact) mass is 347 g/mol. The van der Waals surface area contributed by atoms with Gasteiger partial charge in [-0.2, -0.15) is 0 Å². The van der Waals surface area contributed by atoms with E-state index < -0.39 is 6.10 Å². The molecule has 24 heavy (non-hydrogen) atoms. The Bertz CT molecular complexity index is 612. The highest BCUT2D eigenvalue weighted by molar-refractivity contribution is 7.13. The number of aliphatic hydroxyl groups is 1. The SMILES string of the molecule is CCc1cccc(OCC(O)CN2CCN(c3nccs3)CC2)c1. The first-order valence-electron chi connectivity index (χ1n) is 8.51. The maximum atomic E-state index is 10.2. The minimum atomic E-state index is -0.471. The zero-order valence-electron chi connectivity index (χ0n) is 14.1. The van der Waals surface area contributed by atoms with Crippen LogP contribution in [0.5, 0.6) is 5.75 Å². The number of thiazole rings is 1. The first-order valence-corrected chi connectivity index (χ1v) is 9.39. The Morgan fingerprint density at radius 1 is 1.29 bits per heavy atom. The fourth-order valence-corrected chi connectivity index (χ4v) is 3.59. The summed E-state index contributed by atoms with van der Waals surface area (Å²) < 4.78 is 5.74. The molecule has 0 amide bonds. The Morgan fingerprint density at radius 3 is 2.83 bits per heavy atom. The largest absolute Gasteiger partial charge is 0.491 e. The van der Waals surface area contributed by atoms with E-state index in [2.05, 4.69) is 27.8 Å². The minimum Gasteiger partial charge on any atom is -0.491 e. The van der Waals surface area contributed by atoms with Crippen molar-refractivity contribution in [1.82, 2.24) is 9.88 Å². The van der Waals surface area contributed by atoms with Crippen molar-refractivity contribution in [1.29, 1.82) is 0 Å². The summed E-state index contributed by atoms with van der Waals surface area (Å²) in [5.41, 5.74) is 1.25. The van der Waals surface area contributed by atoms with E-state index >= 15 is 0 Å². The molecule has 2 aromatic rings. The molecular weight excluding hydrogens is 322 g/mol. The second-order valence-electron chi connectivity index (χ2n) is 6.07. The summed E-state index contributed by atoms with van der Waals surface area (Å²) in [6.07, 6.45) is 2.37.